The van der Waals surface area contributed by atoms with E-state index >= 15 is 0 Å². The summed E-state index contributed by atoms with van der Waals surface area (Å²) in [6.45, 7) is 0.687. The van der Waals surface area contributed by atoms with Gasteiger partial charge in [0.1, 0.15) is 5.82 Å². The monoisotopic (exact) mass is 265 g/mol. The van der Waals surface area contributed by atoms with Crippen LogP contribution in [-0.2, 0) is 6.54 Å². The Balaban J connectivity index is 1.71. The van der Waals surface area contributed by atoms with Crippen molar-refractivity contribution in [3.05, 3.63) is 29.6 Å². The van der Waals surface area contributed by atoms with Gasteiger partial charge in [0.15, 0.2) is 0 Å². The first-order valence-corrected chi connectivity index (χ1v) is 7.88. The Labute approximate surface area is 113 Å². The number of rotatable bonds is 5. The molecule has 2 saturated carbocycles. The molecule has 0 spiro atoms. The van der Waals surface area contributed by atoms with Crippen molar-refractivity contribution in [3.8, 4) is 0 Å². The van der Waals surface area contributed by atoms with E-state index < -0.39 is 0 Å². The van der Waals surface area contributed by atoms with Crippen molar-refractivity contribution >= 4 is 11.8 Å². The summed E-state index contributed by atoms with van der Waals surface area (Å²) in [5.41, 5.74) is 0.876. The lowest BCUT2D eigenvalue weighted by Gasteiger charge is -2.14. The third kappa shape index (κ3) is 3.07. The van der Waals surface area contributed by atoms with E-state index in [9.17, 15) is 4.39 Å². The minimum Gasteiger partial charge on any atom is -0.310 e. The van der Waals surface area contributed by atoms with E-state index in [4.69, 9.17) is 0 Å². The smallest absolute Gasteiger partial charge is 0.128 e. The van der Waals surface area contributed by atoms with E-state index in [-0.39, 0.29) is 5.82 Å². The summed E-state index contributed by atoms with van der Waals surface area (Å²) >= 11 is 1.88. The van der Waals surface area contributed by atoms with E-state index in [1.165, 1.54) is 38.5 Å². The maximum absolute atomic E-state index is 13.9. The lowest BCUT2D eigenvalue weighted by Crippen LogP contribution is -2.17. The summed E-state index contributed by atoms with van der Waals surface area (Å²) in [6.07, 6.45) is 7.75. The summed E-state index contributed by atoms with van der Waals surface area (Å²) in [6, 6.07) is 6.14. The summed E-state index contributed by atoms with van der Waals surface area (Å²) in [5, 5.41) is 4.13. The zero-order chi connectivity index (χ0) is 12.4. The molecule has 0 amide bonds. The van der Waals surface area contributed by atoms with Gasteiger partial charge in [0.2, 0.25) is 0 Å². The molecule has 0 heterocycles. The number of benzene rings is 1. The van der Waals surface area contributed by atoms with Crippen molar-refractivity contribution in [1.29, 1.82) is 0 Å². The zero-order valence-electron chi connectivity index (χ0n) is 10.6. The Kier molecular flexibility index (Phi) is 3.90. The summed E-state index contributed by atoms with van der Waals surface area (Å²) in [5.74, 6) is -0.0499. The molecule has 2 aliphatic rings. The van der Waals surface area contributed by atoms with E-state index in [1.54, 1.807) is 6.07 Å². The number of thioether (sulfide) groups is 1. The van der Waals surface area contributed by atoms with Crippen LogP contribution in [0.25, 0.3) is 0 Å². The molecule has 3 heteroatoms. The van der Waals surface area contributed by atoms with Crippen LogP contribution in [0.1, 0.15) is 44.1 Å². The van der Waals surface area contributed by atoms with Crippen LogP contribution >= 0.6 is 11.8 Å². The number of nitrogens with one attached hydrogen (secondary N) is 1. The van der Waals surface area contributed by atoms with Crippen LogP contribution in [0.3, 0.4) is 0 Å². The van der Waals surface area contributed by atoms with Gasteiger partial charge in [-0.25, -0.2) is 4.39 Å². The van der Waals surface area contributed by atoms with Crippen molar-refractivity contribution in [2.75, 3.05) is 0 Å². The summed E-state index contributed by atoms with van der Waals surface area (Å²) < 4.78 is 13.9. The first-order valence-electron chi connectivity index (χ1n) is 7.00. The molecule has 2 aliphatic carbocycles. The molecule has 0 radical (unpaired) electrons. The van der Waals surface area contributed by atoms with Crippen molar-refractivity contribution in [1.82, 2.24) is 5.32 Å². The molecule has 98 valence electrons. The molecule has 0 bridgehead atoms. The van der Waals surface area contributed by atoms with Gasteiger partial charge in [-0.1, -0.05) is 18.9 Å². The highest BCUT2D eigenvalue weighted by molar-refractivity contribution is 8.00. The van der Waals surface area contributed by atoms with Crippen LogP contribution in [-0.4, -0.2) is 11.3 Å². The van der Waals surface area contributed by atoms with Gasteiger partial charge in [-0.05, 0) is 37.8 Å². The molecule has 0 saturated heterocycles. The SMILES string of the molecule is Fc1cccc(SC2CCCC2)c1CNC1CC1. The first-order chi connectivity index (χ1) is 8.83. The highest BCUT2D eigenvalue weighted by Crippen LogP contribution is 2.37. The van der Waals surface area contributed by atoms with E-state index in [2.05, 4.69) is 11.4 Å². The fourth-order valence-corrected chi connectivity index (χ4v) is 3.94. The average molecular weight is 265 g/mol. The second kappa shape index (κ2) is 5.62. The third-order valence-electron chi connectivity index (χ3n) is 3.82. The molecule has 0 unspecified atom stereocenters. The zero-order valence-corrected chi connectivity index (χ0v) is 11.4. The number of hydrogen-bond acceptors (Lipinski definition) is 2. The Morgan fingerprint density at radius 3 is 2.67 bits per heavy atom. The predicted molar refractivity (Wildman–Crippen MR) is 74.4 cm³/mol. The van der Waals surface area contributed by atoms with Crippen LogP contribution < -0.4 is 5.32 Å². The fraction of sp³-hybridized carbons (Fsp3) is 0.600. The topological polar surface area (TPSA) is 12.0 Å². The maximum Gasteiger partial charge on any atom is 0.128 e. The predicted octanol–water partition coefficient (Wildman–Crippen LogP) is 4.11. The fourth-order valence-electron chi connectivity index (χ4n) is 2.54. The Morgan fingerprint density at radius 2 is 1.94 bits per heavy atom. The normalized spacial score (nSPS) is 20.5. The van der Waals surface area contributed by atoms with Gasteiger partial charge in [0.05, 0.1) is 0 Å². The molecule has 1 nitrogen and oxygen atoms in total. The van der Waals surface area contributed by atoms with Crippen LogP contribution in [0.4, 0.5) is 4.39 Å². The molecule has 3 rings (SSSR count). The van der Waals surface area contributed by atoms with E-state index in [0.29, 0.717) is 17.8 Å². The van der Waals surface area contributed by atoms with E-state index in [0.717, 1.165) is 10.5 Å². The highest BCUT2D eigenvalue weighted by Gasteiger charge is 2.22. The van der Waals surface area contributed by atoms with Crippen LogP contribution in [0.5, 0.6) is 0 Å². The molecule has 2 fully saturated rings. The number of hydrogen-bond donors (Lipinski definition) is 1. The molecular weight excluding hydrogens is 245 g/mol. The van der Waals surface area contributed by atoms with Gasteiger partial charge >= 0.3 is 0 Å². The Hall–Kier alpha value is -0.540. The van der Waals surface area contributed by atoms with Crippen molar-refractivity contribution in [2.24, 2.45) is 0 Å². The molecule has 1 aromatic rings. The van der Waals surface area contributed by atoms with Crippen molar-refractivity contribution < 1.29 is 4.39 Å². The molecular formula is C15H20FNS. The quantitative estimate of drug-likeness (QED) is 0.859. The Bertz CT molecular complexity index is 411. The lowest BCUT2D eigenvalue weighted by molar-refractivity contribution is 0.579. The first kappa shape index (κ1) is 12.5. The molecule has 1 N–H and O–H groups in total. The molecule has 18 heavy (non-hydrogen) atoms. The molecule has 0 atom stereocenters. The third-order valence-corrected chi connectivity index (χ3v) is 5.26. The summed E-state index contributed by atoms with van der Waals surface area (Å²) in [7, 11) is 0. The molecule has 0 aromatic heterocycles. The van der Waals surface area contributed by atoms with Gasteiger partial charge in [-0.15, -0.1) is 11.8 Å². The highest BCUT2D eigenvalue weighted by atomic mass is 32.2. The second-order valence-electron chi connectivity index (χ2n) is 5.40. The van der Waals surface area contributed by atoms with Crippen molar-refractivity contribution in [3.63, 3.8) is 0 Å². The molecule has 1 aromatic carbocycles. The van der Waals surface area contributed by atoms with E-state index in [1.807, 2.05) is 17.8 Å². The van der Waals surface area contributed by atoms with Gasteiger partial charge in [0.25, 0.3) is 0 Å². The lowest BCUT2D eigenvalue weighted by atomic mass is 10.2. The molecule has 0 aliphatic heterocycles. The van der Waals surface area contributed by atoms with Crippen LogP contribution in [0.2, 0.25) is 0 Å². The standard InChI is InChI=1S/C15H20FNS/c16-14-6-3-7-15(18-12-4-1-2-5-12)13(14)10-17-11-8-9-11/h3,6-7,11-12,17H,1-2,4-5,8-10H2. The largest absolute Gasteiger partial charge is 0.310 e. The van der Waals surface area contributed by atoms with Crippen molar-refractivity contribution in [2.45, 2.75) is 61.3 Å². The summed E-state index contributed by atoms with van der Waals surface area (Å²) in [4.78, 5) is 1.15. The minimum absolute atomic E-state index is 0.0499. The van der Waals surface area contributed by atoms with Gasteiger partial charge < -0.3 is 5.32 Å². The minimum atomic E-state index is -0.0499. The second-order valence-corrected chi connectivity index (χ2v) is 6.74. The Morgan fingerprint density at radius 1 is 1.17 bits per heavy atom. The maximum atomic E-state index is 13.9. The van der Waals surface area contributed by atoms with Crippen LogP contribution in [0, 0.1) is 5.82 Å². The van der Waals surface area contributed by atoms with Gasteiger partial charge in [-0.3, -0.25) is 0 Å². The number of halogens is 1. The van der Waals surface area contributed by atoms with Gasteiger partial charge in [0, 0.05) is 28.3 Å². The van der Waals surface area contributed by atoms with Gasteiger partial charge in [-0.2, -0.15) is 0 Å². The average Bonchev–Trinajstić information content (AvgIpc) is 3.05. The van der Waals surface area contributed by atoms with Crippen LogP contribution in [0.15, 0.2) is 23.1 Å².